The number of aryl methyl sites for hydroxylation is 1. The number of halogens is 1. The summed E-state index contributed by atoms with van der Waals surface area (Å²) in [7, 11) is -3.95. The fourth-order valence-electron chi connectivity index (χ4n) is 10.7. The Morgan fingerprint density at radius 1 is 0.963 bits per heavy atom. The van der Waals surface area contributed by atoms with E-state index < -0.39 is 26.8 Å². The first-order valence-corrected chi connectivity index (χ1v) is 22.5. The standard InChI is InChI=1S/C42H59ClN4O6S/c1-29-5-3-16-42(49,27-45-17-13-35(14-18-45)46-19-21-52-22-20-46)37-10-7-33(37)25-47-26-41(15-4-6-31-23-34(43)9-11-36(31)41)28-53-39-12-8-32(24-38(39)47)40(48)44-54(50,51)30(29)2/h8-9,11-12,23-24,29-30,33,35,37,49H,3-7,10,13-22,25-28H2,1-2H3,(H,44,48)/t29-,30+,33-,37+,41-,42-/m0/s1. The van der Waals surface area contributed by atoms with Crippen molar-refractivity contribution in [2.75, 3.05) is 70.5 Å². The van der Waals surface area contributed by atoms with Gasteiger partial charge in [-0.1, -0.05) is 31.0 Å². The molecule has 2 aliphatic carbocycles. The van der Waals surface area contributed by atoms with Crippen molar-refractivity contribution in [3.8, 4) is 5.75 Å². The molecule has 2 aromatic carbocycles. The van der Waals surface area contributed by atoms with Crippen molar-refractivity contribution < 1.29 is 27.8 Å². The van der Waals surface area contributed by atoms with Crippen LogP contribution in [0.2, 0.25) is 5.02 Å². The van der Waals surface area contributed by atoms with Crippen LogP contribution < -0.4 is 14.4 Å². The Kier molecular flexibility index (Phi) is 11.0. The number of morpholine rings is 1. The van der Waals surface area contributed by atoms with Gasteiger partial charge in [-0.05, 0) is 137 Å². The molecule has 296 valence electrons. The van der Waals surface area contributed by atoms with Gasteiger partial charge in [0, 0.05) is 54.8 Å². The number of carbonyl (C=O) groups excluding carboxylic acids is 1. The summed E-state index contributed by atoms with van der Waals surface area (Å²) >= 11 is 6.50. The number of anilines is 1. The number of nitrogens with zero attached hydrogens (tertiary/aromatic N) is 3. The molecule has 1 saturated carbocycles. The number of fused-ring (bicyclic) bond motifs is 4. The van der Waals surface area contributed by atoms with Gasteiger partial charge in [-0.2, -0.15) is 0 Å². The lowest BCUT2D eigenvalue weighted by molar-refractivity contribution is -0.110. The Morgan fingerprint density at radius 3 is 2.52 bits per heavy atom. The number of carbonyl (C=O) groups is 1. The fraction of sp³-hybridized carbons (Fsp3) is 0.690. The van der Waals surface area contributed by atoms with E-state index in [0.717, 1.165) is 108 Å². The Morgan fingerprint density at radius 2 is 1.76 bits per heavy atom. The van der Waals surface area contributed by atoms with E-state index in [2.05, 4.69) is 31.6 Å². The van der Waals surface area contributed by atoms with Gasteiger partial charge in [0.25, 0.3) is 5.91 Å². The molecule has 4 heterocycles. The first-order valence-electron chi connectivity index (χ1n) is 20.6. The van der Waals surface area contributed by atoms with Gasteiger partial charge in [-0.25, -0.2) is 13.1 Å². The van der Waals surface area contributed by atoms with Crippen molar-refractivity contribution in [3.63, 3.8) is 0 Å². The summed E-state index contributed by atoms with van der Waals surface area (Å²) in [6.45, 7) is 11.8. The van der Waals surface area contributed by atoms with Crippen LogP contribution in [0.15, 0.2) is 36.4 Å². The topological polar surface area (TPSA) is 112 Å². The molecule has 2 aromatic rings. The number of nitrogens with one attached hydrogen (secondary N) is 1. The number of amides is 1. The highest BCUT2D eigenvalue weighted by atomic mass is 35.5. The van der Waals surface area contributed by atoms with Crippen LogP contribution in [0.1, 0.15) is 93.1 Å². The zero-order valence-corrected chi connectivity index (χ0v) is 33.7. The van der Waals surface area contributed by atoms with Crippen LogP contribution in [-0.2, 0) is 26.6 Å². The van der Waals surface area contributed by atoms with Crippen molar-refractivity contribution in [3.05, 3.63) is 58.1 Å². The first kappa shape index (κ1) is 38.5. The van der Waals surface area contributed by atoms with Gasteiger partial charge in [0.1, 0.15) is 5.75 Å². The number of sulfonamides is 1. The molecular weight excluding hydrogens is 724 g/mol. The van der Waals surface area contributed by atoms with E-state index in [1.165, 1.54) is 11.1 Å². The summed E-state index contributed by atoms with van der Waals surface area (Å²) in [5.41, 5.74) is 2.47. The molecule has 2 N–H and O–H groups in total. The van der Waals surface area contributed by atoms with Crippen molar-refractivity contribution in [2.24, 2.45) is 17.8 Å². The lowest BCUT2D eigenvalue weighted by Gasteiger charge is -2.52. The maximum absolute atomic E-state index is 13.6. The predicted molar refractivity (Wildman–Crippen MR) is 212 cm³/mol. The number of rotatable bonds is 3. The number of likely N-dealkylation sites (tertiary alicyclic amines) is 1. The van der Waals surface area contributed by atoms with Crippen LogP contribution in [0.5, 0.6) is 5.75 Å². The molecule has 2 saturated heterocycles. The molecular formula is C42H59ClN4O6S. The minimum atomic E-state index is -3.95. The largest absolute Gasteiger partial charge is 0.490 e. The average molecular weight is 783 g/mol. The lowest BCUT2D eigenvalue weighted by Crippen LogP contribution is -2.58. The van der Waals surface area contributed by atoms with Gasteiger partial charge >= 0.3 is 0 Å². The summed E-state index contributed by atoms with van der Waals surface area (Å²) in [5, 5.41) is 12.9. The van der Waals surface area contributed by atoms with Gasteiger partial charge in [0.2, 0.25) is 10.0 Å². The predicted octanol–water partition coefficient (Wildman–Crippen LogP) is 5.64. The van der Waals surface area contributed by atoms with E-state index in [0.29, 0.717) is 49.9 Å². The second-order valence-corrected chi connectivity index (χ2v) is 20.0. The average Bonchev–Trinajstić information content (AvgIpc) is 3.29. The van der Waals surface area contributed by atoms with Gasteiger partial charge < -0.3 is 24.4 Å². The summed E-state index contributed by atoms with van der Waals surface area (Å²) in [4.78, 5) is 21.1. The van der Waals surface area contributed by atoms with Crippen molar-refractivity contribution in [1.82, 2.24) is 14.5 Å². The molecule has 8 rings (SSSR count). The van der Waals surface area contributed by atoms with Crippen LogP contribution in [0.4, 0.5) is 5.69 Å². The zero-order chi connectivity index (χ0) is 37.7. The van der Waals surface area contributed by atoms with Crippen LogP contribution in [0.3, 0.4) is 0 Å². The highest BCUT2D eigenvalue weighted by Crippen LogP contribution is 2.49. The van der Waals surface area contributed by atoms with Gasteiger partial charge in [0.05, 0.1) is 36.4 Å². The molecule has 4 aliphatic heterocycles. The molecule has 2 bridgehead atoms. The number of piperidine rings is 1. The SMILES string of the molecule is C[C@@H]1[C@@H](C)CCC[C@](O)(CN2CCC(N3CCOCC3)CC2)[C@@H]2CC[C@H]2CN2C[C@@]3(CCCc4cc(Cl)ccc43)COc3ccc(cc32)C(=O)NS1(=O)=O. The molecule has 6 atom stereocenters. The summed E-state index contributed by atoms with van der Waals surface area (Å²) in [5.74, 6) is 0.276. The normalized spacial score (nSPS) is 34.1. The van der Waals surface area contributed by atoms with E-state index in [9.17, 15) is 18.3 Å². The maximum Gasteiger partial charge on any atom is 0.264 e. The summed E-state index contributed by atoms with van der Waals surface area (Å²) in [6.07, 6.45) is 9.18. The van der Waals surface area contributed by atoms with Crippen LogP contribution in [0, 0.1) is 17.8 Å². The van der Waals surface area contributed by atoms with E-state index >= 15 is 0 Å². The second-order valence-electron chi connectivity index (χ2n) is 17.5. The monoisotopic (exact) mass is 782 g/mol. The number of ether oxygens (including phenoxy) is 2. The summed E-state index contributed by atoms with van der Waals surface area (Å²) < 4.78 is 41.9. The number of aliphatic hydroxyl groups is 1. The molecule has 12 heteroatoms. The zero-order valence-electron chi connectivity index (χ0n) is 32.1. The molecule has 54 heavy (non-hydrogen) atoms. The Balaban J connectivity index is 1.12. The maximum atomic E-state index is 13.6. The highest BCUT2D eigenvalue weighted by molar-refractivity contribution is 7.90. The highest BCUT2D eigenvalue weighted by Gasteiger charge is 2.50. The third-order valence-corrected chi connectivity index (χ3v) is 16.4. The number of hydrogen-bond donors (Lipinski definition) is 2. The Labute approximate surface area is 326 Å². The van der Waals surface area contributed by atoms with Gasteiger partial charge in [-0.15, -0.1) is 0 Å². The Bertz CT molecular complexity index is 1800. The van der Waals surface area contributed by atoms with Gasteiger partial charge in [0.15, 0.2) is 0 Å². The molecule has 1 amide bonds. The molecule has 0 unspecified atom stereocenters. The number of benzene rings is 2. The smallest absolute Gasteiger partial charge is 0.264 e. The molecule has 1 spiro atoms. The third kappa shape index (κ3) is 7.67. The molecule has 0 radical (unpaired) electrons. The molecule has 3 fully saturated rings. The summed E-state index contributed by atoms with van der Waals surface area (Å²) in [6, 6.07) is 12.2. The van der Waals surface area contributed by atoms with Crippen molar-refractivity contribution in [2.45, 2.75) is 100 Å². The first-order chi connectivity index (χ1) is 25.9. The van der Waals surface area contributed by atoms with E-state index in [-0.39, 0.29) is 23.2 Å². The lowest BCUT2D eigenvalue weighted by atomic mass is 9.62. The van der Waals surface area contributed by atoms with E-state index in [1.54, 1.807) is 13.0 Å². The van der Waals surface area contributed by atoms with Crippen molar-refractivity contribution >= 4 is 33.2 Å². The molecule has 10 nitrogen and oxygen atoms in total. The Hall–Kier alpha value is -2.41. The van der Waals surface area contributed by atoms with Crippen molar-refractivity contribution in [1.29, 1.82) is 0 Å². The third-order valence-electron chi connectivity index (χ3n) is 14.3. The number of hydrogen-bond acceptors (Lipinski definition) is 9. The molecule has 0 aromatic heterocycles. The van der Waals surface area contributed by atoms with Crippen LogP contribution >= 0.6 is 11.6 Å². The second kappa shape index (κ2) is 15.5. The molecule has 6 aliphatic rings. The number of β-amino-alcohol motifs (C(OH)–C–C–N with tert-alkyl or cyclic N) is 1. The van der Waals surface area contributed by atoms with Crippen LogP contribution in [-0.4, -0.2) is 112 Å². The van der Waals surface area contributed by atoms with E-state index in [4.69, 9.17) is 21.1 Å². The van der Waals surface area contributed by atoms with Crippen LogP contribution in [0.25, 0.3) is 0 Å². The minimum Gasteiger partial charge on any atom is -0.490 e. The quantitative estimate of drug-likeness (QED) is 0.409. The fourth-order valence-corrected chi connectivity index (χ4v) is 12.2. The van der Waals surface area contributed by atoms with Gasteiger partial charge in [-0.3, -0.25) is 9.69 Å². The van der Waals surface area contributed by atoms with E-state index in [1.807, 2.05) is 25.1 Å². The minimum absolute atomic E-state index is 0.117.